The second-order valence-corrected chi connectivity index (χ2v) is 3.74. The molecule has 0 amide bonds. The fourth-order valence-corrected chi connectivity index (χ4v) is 1.31. The minimum Gasteiger partial charge on any atom is -0.461 e. The topological polar surface area (TPSA) is 90.4 Å². The van der Waals surface area contributed by atoms with Crippen molar-refractivity contribution in [2.75, 3.05) is 12.3 Å². The highest BCUT2D eigenvalue weighted by molar-refractivity contribution is 5.93. The van der Waals surface area contributed by atoms with Crippen LogP contribution in [-0.4, -0.2) is 33.6 Å². The van der Waals surface area contributed by atoms with Crippen LogP contribution in [0.2, 0.25) is 0 Å². The first kappa shape index (κ1) is 12.5. The van der Waals surface area contributed by atoms with Crippen LogP contribution in [0.5, 0.6) is 0 Å². The molecule has 0 saturated carbocycles. The normalized spacial score (nSPS) is 12.5. The van der Waals surface area contributed by atoms with Crippen molar-refractivity contribution in [3.8, 4) is 0 Å². The number of ether oxygens (including phenoxy) is 1. The number of carbonyl (C=O) groups excluding carboxylic acids is 1. The summed E-state index contributed by atoms with van der Waals surface area (Å²) < 4.78 is 6.37. The zero-order valence-electron chi connectivity index (χ0n) is 9.73. The molecule has 0 spiro atoms. The van der Waals surface area contributed by atoms with Crippen LogP contribution in [0.15, 0.2) is 0 Å². The summed E-state index contributed by atoms with van der Waals surface area (Å²) in [6.45, 7) is 3.53. The highest BCUT2D eigenvalue weighted by Gasteiger charge is 2.19. The van der Waals surface area contributed by atoms with Crippen LogP contribution in [0, 0.1) is 6.92 Å². The fraction of sp³-hybridized carbons (Fsp3) is 0.600. The molecule has 0 aliphatic carbocycles. The number of nitrogens with two attached hydrogens (primary N) is 1. The van der Waals surface area contributed by atoms with Crippen molar-refractivity contribution in [3.05, 3.63) is 11.4 Å². The third-order valence-corrected chi connectivity index (χ3v) is 2.23. The number of esters is 1. The number of rotatable bonds is 4. The summed E-state index contributed by atoms with van der Waals surface area (Å²) in [5, 5.41) is 13.0. The van der Waals surface area contributed by atoms with Gasteiger partial charge in [-0.1, -0.05) is 0 Å². The highest BCUT2D eigenvalue weighted by atomic mass is 16.5. The molecule has 1 aromatic rings. The van der Waals surface area contributed by atoms with Crippen molar-refractivity contribution >= 4 is 11.7 Å². The van der Waals surface area contributed by atoms with E-state index in [1.165, 1.54) is 4.68 Å². The van der Waals surface area contributed by atoms with E-state index in [0.29, 0.717) is 17.8 Å². The average Bonchev–Trinajstić information content (AvgIpc) is 2.40. The highest BCUT2D eigenvalue weighted by Crippen LogP contribution is 2.16. The number of aliphatic hydroxyl groups excluding tert-OH is 1. The zero-order chi connectivity index (χ0) is 12.3. The molecule has 1 heterocycles. The number of hydrogen-bond donors (Lipinski definition) is 2. The number of carbonyl (C=O) groups is 1. The van der Waals surface area contributed by atoms with Gasteiger partial charge in [0.2, 0.25) is 0 Å². The second-order valence-electron chi connectivity index (χ2n) is 3.74. The van der Waals surface area contributed by atoms with Gasteiger partial charge in [0.15, 0.2) is 5.69 Å². The van der Waals surface area contributed by atoms with Crippen LogP contribution in [0.3, 0.4) is 0 Å². The number of aliphatic hydroxyl groups is 1. The van der Waals surface area contributed by atoms with E-state index in [1.54, 1.807) is 20.9 Å². The predicted octanol–water partition coefficient (Wildman–Crippen LogP) is 0.238. The Morgan fingerprint density at radius 3 is 2.75 bits per heavy atom. The van der Waals surface area contributed by atoms with Gasteiger partial charge in [-0.2, -0.15) is 5.10 Å². The monoisotopic (exact) mass is 227 g/mol. The van der Waals surface area contributed by atoms with Crippen LogP contribution in [0.4, 0.5) is 5.69 Å². The minimum atomic E-state index is -0.513. The third kappa shape index (κ3) is 2.73. The van der Waals surface area contributed by atoms with E-state index in [9.17, 15) is 4.79 Å². The first-order valence-corrected chi connectivity index (χ1v) is 5.07. The van der Waals surface area contributed by atoms with E-state index in [1.807, 2.05) is 0 Å². The van der Waals surface area contributed by atoms with Gasteiger partial charge in [-0.05, 0) is 13.8 Å². The van der Waals surface area contributed by atoms with E-state index >= 15 is 0 Å². The lowest BCUT2D eigenvalue weighted by Crippen LogP contribution is -2.15. The first-order chi connectivity index (χ1) is 7.43. The summed E-state index contributed by atoms with van der Waals surface area (Å²) in [5.41, 5.74) is 6.89. The van der Waals surface area contributed by atoms with Crippen molar-refractivity contribution in [2.24, 2.45) is 7.05 Å². The molecule has 0 bridgehead atoms. The van der Waals surface area contributed by atoms with Crippen molar-refractivity contribution < 1.29 is 14.6 Å². The van der Waals surface area contributed by atoms with Gasteiger partial charge in [-0.3, -0.25) is 4.68 Å². The first-order valence-electron chi connectivity index (χ1n) is 5.07. The third-order valence-electron chi connectivity index (χ3n) is 2.23. The van der Waals surface area contributed by atoms with Crippen LogP contribution in [0.1, 0.15) is 29.5 Å². The SMILES string of the molecule is Cc1nn(C)c(C(=O)OCCC(C)O)c1N. The van der Waals surface area contributed by atoms with Crippen molar-refractivity contribution in [2.45, 2.75) is 26.4 Å². The Balaban J connectivity index is 2.66. The molecular formula is C10H17N3O3. The average molecular weight is 227 g/mol. The van der Waals surface area contributed by atoms with Gasteiger partial charge in [0, 0.05) is 13.5 Å². The number of aromatic nitrogens is 2. The molecule has 6 heteroatoms. The molecule has 1 rings (SSSR count). The Hall–Kier alpha value is -1.56. The molecule has 0 radical (unpaired) electrons. The van der Waals surface area contributed by atoms with Gasteiger partial charge in [0.05, 0.1) is 24.1 Å². The van der Waals surface area contributed by atoms with Crippen molar-refractivity contribution in [3.63, 3.8) is 0 Å². The van der Waals surface area contributed by atoms with Gasteiger partial charge >= 0.3 is 5.97 Å². The van der Waals surface area contributed by atoms with Crippen molar-refractivity contribution in [1.82, 2.24) is 9.78 Å². The molecule has 0 saturated heterocycles. The molecule has 1 unspecified atom stereocenters. The lowest BCUT2D eigenvalue weighted by atomic mass is 10.3. The molecule has 1 aromatic heterocycles. The number of nitrogens with zero attached hydrogens (tertiary/aromatic N) is 2. The van der Waals surface area contributed by atoms with E-state index in [0.717, 1.165) is 0 Å². The van der Waals surface area contributed by atoms with Gasteiger partial charge in [0.25, 0.3) is 0 Å². The smallest absolute Gasteiger partial charge is 0.358 e. The molecule has 0 aliphatic rings. The number of aryl methyl sites for hydroxylation is 2. The van der Waals surface area contributed by atoms with Crippen LogP contribution in [0.25, 0.3) is 0 Å². The fourth-order valence-electron chi connectivity index (χ4n) is 1.31. The summed E-state index contributed by atoms with van der Waals surface area (Å²) in [4.78, 5) is 11.6. The Kier molecular flexibility index (Phi) is 3.89. The maximum atomic E-state index is 11.6. The second kappa shape index (κ2) is 4.98. The quantitative estimate of drug-likeness (QED) is 0.719. The Bertz CT molecular complexity index is 385. The summed E-state index contributed by atoms with van der Waals surface area (Å²) in [6.07, 6.45) is -0.0823. The largest absolute Gasteiger partial charge is 0.461 e. The molecule has 0 aliphatic heterocycles. The Labute approximate surface area is 94.0 Å². The lowest BCUT2D eigenvalue weighted by Gasteiger charge is -2.06. The van der Waals surface area contributed by atoms with Crippen molar-refractivity contribution in [1.29, 1.82) is 0 Å². The number of nitrogen functional groups attached to an aromatic ring is 1. The van der Waals surface area contributed by atoms with Crippen LogP contribution >= 0.6 is 0 Å². The van der Waals surface area contributed by atoms with Crippen LogP contribution < -0.4 is 5.73 Å². The van der Waals surface area contributed by atoms with E-state index in [4.69, 9.17) is 15.6 Å². The molecule has 90 valence electrons. The van der Waals surface area contributed by atoms with Gasteiger partial charge in [0.1, 0.15) is 0 Å². The molecule has 0 fully saturated rings. The lowest BCUT2D eigenvalue weighted by molar-refractivity contribution is 0.0433. The summed E-state index contributed by atoms with van der Waals surface area (Å²) in [7, 11) is 1.63. The molecule has 3 N–H and O–H groups in total. The van der Waals surface area contributed by atoms with Gasteiger partial charge in [-0.25, -0.2) is 4.79 Å². The van der Waals surface area contributed by atoms with Gasteiger partial charge in [-0.15, -0.1) is 0 Å². The Morgan fingerprint density at radius 1 is 1.69 bits per heavy atom. The molecule has 0 aromatic carbocycles. The predicted molar refractivity (Wildman–Crippen MR) is 58.9 cm³/mol. The zero-order valence-corrected chi connectivity index (χ0v) is 9.73. The molecule has 6 nitrogen and oxygen atoms in total. The van der Waals surface area contributed by atoms with E-state index in [2.05, 4.69) is 5.10 Å². The summed E-state index contributed by atoms with van der Waals surface area (Å²) in [6, 6.07) is 0. The molecule has 16 heavy (non-hydrogen) atoms. The van der Waals surface area contributed by atoms with Crippen LogP contribution in [-0.2, 0) is 11.8 Å². The molecular weight excluding hydrogens is 210 g/mol. The van der Waals surface area contributed by atoms with E-state index in [-0.39, 0.29) is 12.3 Å². The summed E-state index contributed by atoms with van der Waals surface area (Å²) >= 11 is 0. The standard InChI is InChI=1S/C10H17N3O3/c1-6(14)4-5-16-10(15)9-8(11)7(2)12-13(9)3/h6,14H,4-5,11H2,1-3H3. The maximum absolute atomic E-state index is 11.6. The maximum Gasteiger partial charge on any atom is 0.358 e. The summed E-state index contributed by atoms with van der Waals surface area (Å²) in [5.74, 6) is -0.513. The minimum absolute atomic E-state index is 0.167. The number of hydrogen-bond acceptors (Lipinski definition) is 5. The van der Waals surface area contributed by atoms with E-state index < -0.39 is 12.1 Å². The molecule has 1 atom stereocenters. The Morgan fingerprint density at radius 2 is 2.31 bits per heavy atom. The number of anilines is 1. The van der Waals surface area contributed by atoms with Gasteiger partial charge < -0.3 is 15.6 Å².